The highest BCUT2D eigenvalue weighted by Gasteiger charge is 2.12. The Hall–Kier alpha value is -1.88. The molecule has 112 valence electrons. The minimum Gasteiger partial charge on any atom is -0.354 e. The number of benzene rings is 1. The molecule has 1 aromatic heterocycles. The number of rotatable bonds is 6. The Morgan fingerprint density at radius 1 is 1.00 bits per heavy atom. The first-order valence-corrected chi connectivity index (χ1v) is 7.56. The van der Waals surface area contributed by atoms with Gasteiger partial charge in [0.05, 0.1) is 0 Å². The Balaban J connectivity index is 2.46. The third-order valence-electron chi connectivity index (χ3n) is 3.11. The molecule has 0 fully saturated rings. The minimum atomic E-state index is 0.597. The molecule has 21 heavy (non-hydrogen) atoms. The lowest BCUT2D eigenvalue weighted by Gasteiger charge is -2.19. The Labute approximate surface area is 130 Å². The highest BCUT2D eigenvalue weighted by atomic mass is 35.5. The minimum absolute atomic E-state index is 0.597. The first-order valence-electron chi connectivity index (χ1n) is 7.18. The fourth-order valence-corrected chi connectivity index (χ4v) is 2.10. The van der Waals surface area contributed by atoms with Crippen LogP contribution in [0, 0.1) is 0 Å². The summed E-state index contributed by atoms with van der Waals surface area (Å²) in [4.78, 5) is 15.6. The van der Waals surface area contributed by atoms with Gasteiger partial charge < -0.3 is 10.2 Å². The molecule has 5 nitrogen and oxygen atoms in total. The van der Waals surface area contributed by atoms with Crippen LogP contribution in [0.4, 0.5) is 11.9 Å². The van der Waals surface area contributed by atoms with Crippen LogP contribution in [0.5, 0.6) is 0 Å². The molecule has 1 aromatic carbocycles. The average Bonchev–Trinajstić information content (AvgIpc) is 2.49. The summed E-state index contributed by atoms with van der Waals surface area (Å²) in [6, 6.07) is 7.51. The van der Waals surface area contributed by atoms with Gasteiger partial charge in [-0.3, -0.25) is 0 Å². The fraction of sp³-hybridized carbons (Fsp3) is 0.400. The number of hydrogen-bond acceptors (Lipinski definition) is 5. The summed E-state index contributed by atoms with van der Waals surface area (Å²) < 4.78 is 0. The van der Waals surface area contributed by atoms with Gasteiger partial charge in [-0.25, -0.2) is 0 Å². The predicted molar refractivity (Wildman–Crippen MR) is 88.0 cm³/mol. The Kier molecular flexibility index (Phi) is 5.33. The molecule has 0 radical (unpaired) electrons. The number of hydrogen-bond donors (Lipinski definition) is 1. The monoisotopic (exact) mass is 305 g/mol. The summed E-state index contributed by atoms with van der Waals surface area (Å²) in [5.74, 6) is 1.94. The van der Waals surface area contributed by atoms with E-state index < -0.39 is 0 Å². The van der Waals surface area contributed by atoms with Gasteiger partial charge in [0, 0.05) is 30.2 Å². The molecule has 0 bridgehead atoms. The van der Waals surface area contributed by atoms with Crippen LogP contribution in [-0.2, 0) is 0 Å². The number of anilines is 2. The predicted octanol–water partition coefficient (Wildman–Crippen LogP) is 3.47. The van der Waals surface area contributed by atoms with Gasteiger partial charge in [-0.2, -0.15) is 15.0 Å². The van der Waals surface area contributed by atoms with Crippen molar-refractivity contribution in [1.29, 1.82) is 0 Å². The van der Waals surface area contributed by atoms with Crippen LogP contribution in [0.15, 0.2) is 24.3 Å². The van der Waals surface area contributed by atoms with Crippen molar-refractivity contribution in [2.75, 3.05) is 29.9 Å². The Morgan fingerprint density at radius 3 is 2.24 bits per heavy atom. The van der Waals surface area contributed by atoms with Gasteiger partial charge in [0.2, 0.25) is 11.9 Å². The lowest BCUT2D eigenvalue weighted by molar-refractivity contribution is 0.814. The van der Waals surface area contributed by atoms with Crippen LogP contribution in [0.25, 0.3) is 11.4 Å². The number of nitrogens with zero attached hydrogens (tertiary/aromatic N) is 4. The molecule has 1 N–H and O–H groups in total. The molecule has 0 aliphatic carbocycles. The molecular weight excluding hydrogens is 286 g/mol. The topological polar surface area (TPSA) is 53.9 Å². The molecule has 1 heterocycles. The second kappa shape index (κ2) is 7.22. The smallest absolute Gasteiger partial charge is 0.230 e. The maximum Gasteiger partial charge on any atom is 0.230 e. The van der Waals surface area contributed by atoms with Crippen molar-refractivity contribution in [2.24, 2.45) is 0 Å². The van der Waals surface area contributed by atoms with Crippen molar-refractivity contribution in [2.45, 2.75) is 20.8 Å². The normalized spacial score (nSPS) is 10.5. The van der Waals surface area contributed by atoms with E-state index in [0.29, 0.717) is 22.7 Å². The summed E-state index contributed by atoms with van der Waals surface area (Å²) in [7, 11) is 0. The van der Waals surface area contributed by atoms with E-state index >= 15 is 0 Å². The molecule has 2 aromatic rings. The zero-order valence-corrected chi connectivity index (χ0v) is 13.4. The summed E-state index contributed by atoms with van der Waals surface area (Å²) in [6.45, 7) is 8.66. The second-order valence-corrected chi connectivity index (χ2v) is 4.93. The molecule has 0 unspecified atom stereocenters. The van der Waals surface area contributed by atoms with Crippen LogP contribution in [0.1, 0.15) is 20.8 Å². The molecule has 6 heteroatoms. The summed E-state index contributed by atoms with van der Waals surface area (Å²) in [6.07, 6.45) is 0. The van der Waals surface area contributed by atoms with E-state index in [0.717, 1.165) is 25.2 Å². The van der Waals surface area contributed by atoms with Crippen LogP contribution in [0.3, 0.4) is 0 Å². The Morgan fingerprint density at radius 2 is 1.67 bits per heavy atom. The van der Waals surface area contributed by atoms with Gasteiger partial charge in [0.1, 0.15) is 0 Å². The van der Waals surface area contributed by atoms with Crippen LogP contribution >= 0.6 is 11.6 Å². The summed E-state index contributed by atoms with van der Waals surface area (Å²) >= 11 is 5.93. The van der Waals surface area contributed by atoms with E-state index in [-0.39, 0.29) is 0 Å². The number of nitrogens with one attached hydrogen (secondary N) is 1. The van der Waals surface area contributed by atoms with E-state index in [1.165, 1.54) is 0 Å². The first-order chi connectivity index (χ1) is 10.2. The highest BCUT2D eigenvalue weighted by molar-refractivity contribution is 6.30. The highest BCUT2D eigenvalue weighted by Crippen LogP contribution is 2.21. The van der Waals surface area contributed by atoms with Crippen molar-refractivity contribution in [3.63, 3.8) is 0 Å². The Bertz CT molecular complexity index is 581. The van der Waals surface area contributed by atoms with Crippen molar-refractivity contribution in [1.82, 2.24) is 15.0 Å². The first kappa shape index (κ1) is 15.5. The maximum absolute atomic E-state index is 5.93. The second-order valence-electron chi connectivity index (χ2n) is 4.49. The molecule has 0 aliphatic rings. The van der Waals surface area contributed by atoms with Crippen LogP contribution in [-0.4, -0.2) is 34.6 Å². The third kappa shape index (κ3) is 3.82. The molecule has 0 saturated heterocycles. The largest absolute Gasteiger partial charge is 0.354 e. The third-order valence-corrected chi connectivity index (χ3v) is 3.36. The van der Waals surface area contributed by atoms with Crippen molar-refractivity contribution < 1.29 is 0 Å². The molecule has 0 atom stereocenters. The van der Waals surface area contributed by atoms with Crippen molar-refractivity contribution in [3.05, 3.63) is 29.3 Å². The quantitative estimate of drug-likeness (QED) is 0.885. The molecular formula is C15H20ClN5. The van der Waals surface area contributed by atoms with Gasteiger partial charge in [0.25, 0.3) is 0 Å². The molecule has 0 spiro atoms. The zero-order chi connectivity index (χ0) is 15.2. The van der Waals surface area contributed by atoms with E-state index in [1.54, 1.807) is 0 Å². The van der Waals surface area contributed by atoms with Crippen molar-refractivity contribution >= 4 is 23.5 Å². The standard InChI is InChI=1S/C15H20ClN5/c1-4-17-14-18-13(11-7-9-12(16)10-8-11)19-15(20-14)21(5-2)6-3/h7-10H,4-6H2,1-3H3,(H,17,18,19,20). The van der Waals surface area contributed by atoms with Crippen LogP contribution < -0.4 is 10.2 Å². The molecule has 0 amide bonds. The fourth-order valence-electron chi connectivity index (χ4n) is 1.98. The molecule has 0 aliphatic heterocycles. The van der Waals surface area contributed by atoms with E-state index in [1.807, 2.05) is 31.2 Å². The van der Waals surface area contributed by atoms with E-state index in [9.17, 15) is 0 Å². The zero-order valence-electron chi connectivity index (χ0n) is 12.6. The van der Waals surface area contributed by atoms with Gasteiger partial charge >= 0.3 is 0 Å². The maximum atomic E-state index is 5.93. The van der Waals surface area contributed by atoms with E-state index in [2.05, 4.69) is 39.0 Å². The van der Waals surface area contributed by atoms with E-state index in [4.69, 9.17) is 11.6 Å². The van der Waals surface area contributed by atoms with Gasteiger partial charge in [0.15, 0.2) is 5.82 Å². The lowest BCUT2D eigenvalue weighted by Crippen LogP contribution is -2.25. The molecule has 0 saturated carbocycles. The average molecular weight is 306 g/mol. The summed E-state index contributed by atoms with van der Waals surface area (Å²) in [5, 5.41) is 3.86. The number of aromatic nitrogens is 3. The lowest BCUT2D eigenvalue weighted by atomic mass is 10.2. The number of halogens is 1. The van der Waals surface area contributed by atoms with Crippen LogP contribution in [0.2, 0.25) is 5.02 Å². The van der Waals surface area contributed by atoms with Crippen molar-refractivity contribution in [3.8, 4) is 11.4 Å². The van der Waals surface area contributed by atoms with Gasteiger partial charge in [-0.1, -0.05) is 11.6 Å². The van der Waals surface area contributed by atoms with Gasteiger partial charge in [-0.15, -0.1) is 0 Å². The van der Waals surface area contributed by atoms with Gasteiger partial charge in [-0.05, 0) is 45.0 Å². The molecule has 2 rings (SSSR count). The summed E-state index contributed by atoms with van der Waals surface area (Å²) in [5.41, 5.74) is 0.925. The SMILES string of the molecule is CCNc1nc(-c2ccc(Cl)cc2)nc(N(CC)CC)n1.